The highest BCUT2D eigenvalue weighted by Crippen LogP contribution is 2.27. The van der Waals surface area contributed by atoms with E-state index in [2.05, 4.69) is 10.6 Å². The van der Waals surface area contributed by atoms with E-state index in [1.165, 1.54) is 0 Å². The van der Waals surface area contributed by atoms with Crippen molar-refractivity contribution in [3.63, 3.8) is 0 Å². The Kier molecular flexibility index (Phi) is 5.05. The number of nitrogens with one attached hydrogen (secondary N) is 2. The first kappa shape index (κ1) is 15.7. The second-order valence-corrected chi connectivity index (χ2v) is 5.98. The average molecular weight is 309 g/mol. The van der Waals surface area contributed by atoms with Crippen molar-refractivity contribution in [3.8, 4) is 0 Å². The van der Waals surface area contributed by atoms with Crippen LogP contribution >= 0.6 is 0 Å². The highest BCUT2D eigenvalue weighted by Gasteiger charge is 2.28. The Bertz CT molecular complexity index is 624. The fourth-order valence-corrected chi connectivity index (χ4v) is 3.07. The summed E-state index contributed by atoms with van der Waals surface area (Å²) in [4.78, 5) is 12.5. The van der Waals surface area contributed by atoms with Crippen molar-refractivity contribution < 1.29 is 4.79 Å². The first-order valence-corrected chi connectivity index (χ1v) is 8.15. The van der Waals surface area contributed by atoms with E-state index < -0.39 is 0 Å². The summed E-state index contributed by atoms with van der Waals surface area (Å²) in [6, 6.07) is 19.2. The third-order valence-corrected chi connectivity index (χ3v) is 4.38. The molecule has 2 aromatic carbocycles. The smallest absolute Gasteiger partial charge is 0.237 e. The molecule has 0 aromatic heterocycles. The second kappa shape index (κ2) is 7.40. The topological polar surface area (TPSA) is 67.1 Å². The van der Waals surface area contributed by atoms with E-state index in [0.29, 0.717) is 0 Å². The molecule has 2 aromatic rings. The molecule has 0 saturated carbocycles. The molecule has 1 saturated heterocycles. The van der Waals surface area contributed by atoms with Gasteiger partial charge in [-0.15, -0.1) is 0 Å². The van der Waals surface area contributed by atoms with Gasteiger partial charge in [0.1, 0.15) is 0 Å². The van der Waals surface area contributed by atoms with Gasteiger partial charge >= 0.3 is 0 Å². The van der Waals surface area contributed by atoms with E-state index >= 15 is 0 Å². The van der Waals surface area contributed by atoms with Crippen molar-refractivity contribution in [2.24, 2.45) is 5.73 Å². The van der Waals surface area contributed by atoms with Crippen molar-refractivity contribution in [1.29, 1.82) is 0 Å². The Hall–Kier alpha value is -2.17. The number of hydrogen-bond donors (Lipinski definition) is 3. The van der Waals surface area contributed by atoms with Gasteiger partial charge in [-0.25, -0.2) is 0 Å². The molecule has 1 heterocycles. The van der Waals surface area contributed by atoms with Gasteiger partial charge in [0.2, 0.25) is 5.91 Å². The third-order valence-electron chi connectivity index (χ3n) is 4.38. The lowest BCUT2D eigenvalue weighted by Crippen LogP contribution is -2.44. The fourth-order valence-electron chi connectivity index (χ4n) is 3.07. The molecule has 23 heavy (non-hydrogen) atoms. The standard InChI is InChI=1S/C19H23N3O/c20-17(14-8-3-1-4-9-14)18(15-10-5-2-6-11-15)22-19(23)16-12-7-13-21-16/h1-6,8-11,16-18,21H,7,12-13,20H2,(H,22,23)/t16-,17-,18-/m0/s1. The highest BCUT2D eigenvalue weighted by atomic mass is 16.2. The predicted molar refractivity (Wildman–Crippen MR) is 91.7 cm³/mol. The molecule has 0 spiro atoms. The Labute approximate surface area is 137 Å². The number of carbonyl (C=O) groups is 1. The van der Waals surface area contributed by atoms with Crippen molar-refractivity contribution in [2.45, 2.75) is 31.0 Å². The van der Waals surface area contributed by atoms with Gasteiger partial charge in [-0.1, -0.05) is 60.7 Å². The Balaban J connectivity index is 1.83. The first-order chi connectivity index (χ1) is 11.3. The number of benzene rings is 2. The number of amides is 1. The van der Waals surface area contributed by atoms with E-state index in [1.807, 2.05) is 60.7 Å². The number of nitrogens with two attached hydrogens (primary N) is 1. The minimum absolute atomic E-state index is 0.0303. The van der Waals surface area contributed by atoms with Crippen LogP contribution in [0, 0.1) is 0 Å². The van der Waals surface area contributed by atoms with E-state index in [-0.39, 0.29) is 24.0 Å². The number of carbonyl (C=O) groups excluding carboxylic acids is 1. The molecular formula is C19H23N3O. The summed E-state index contributed by atoms with van der Waals surface area (Å²) in [7, 11) is 0. The molecule has 3 rings (SSSR count). The molecule has 3 atom stereocenters. The van der Waals surface area contributed by atoms with Crippen LogP contribution in [0.4, 0.5) is 0 Å². The molecule has 0 radical (unpaired) electrons. The van der Waals surface area contributed by atoms with Gasteiger partial charge in [0.15, 0.2) is 0 Å². The van der Waals surface area contributed by atoms with Gasteiger partial charge in [-0.3, -0.25) is 4.79 Å². The van der Waals surface area contributed by atoms with Crippen LogP contribution in [-0.2, 0) is 4.79 Å². The van der Waals surface area contributed by atoms with Gasteiger partial charge in [-0.05, 0) is 30.5 Å². The zero-order valence-electron chi connectivity index (χ0n) is 13.1. The van der Waals surface area contributed by atoms with Crippen LogP contribution in [0.2, 0.25) is 0 Å². The highest BCUT2D eigenvalue weighted by molar-refractivity contribution is 5.82. The predicted octanol–water partition coefficient (Wildman–Crippen LogP) is 2.30. The van der Waals surface area contributed by atoms with Crippen LogP contribution in [0.25, 0.3) is 0 Å². The molecule has 1 aliphatic heterocycles. The van der Waals surface area contributed by atoms with Gasteiger partial charge in [-0.2, -0.15) is 0 Å². The SMILES string of the molecule is N[C@@H](c1ccccc1)[C@@H](NC(=O)[C@@H]1CCCN1)c1ccccc1. The summed E-state index contributed by atoms with van der Waals surface area (Å²) >= 11 is 0. The molecule has 1 fully saturated rings. The summed E-state index contributed by atoms with van der Waals surface area (Å²) in [5, 5.41) is 6.39. The van der Waals surface area contributed by atoms with E-state index in [9.17, 15) is 4.79 Å². The molecule has 120 valence electrons. The summed E-state index contributed by atoms with van der Waals surface area (Å²) in [6.45, 7) is 0.902. The minimum atomic E-state index is -0.288. The quantitative estimate of drug-likeness (QED) is 0.794. The lowest BCUT2D eigenvalue weighted by atomic mass is 9.93. The van der Waals surface area contributed by atoms with Crippen molar-refractivity contribution in [2.75, 3.05) is 6.54 Å². The molecular weight excluding hydrogens is 286 g/mol. The van der Waals surface area contributed by atoms with E-state index in [0.717, 1.165) is 30.5 Å². The lowest BCUT2D eigenvalue weighted by Gasteiger charge is -2.27. The zero-order chi connectivity index (χ0) is 16.1. The third kappa shape index (κ3) is 3.78. The molecule has 4 heteroatoms. The molecule has 0 aliphatic carbocycles. The number of rotatable bonds is 5. The van der Waals surface area contributed by atoms with Crippen LogP contribution in [-0.4, -0.2) is 18.5 Å². The van der Waals surface area contributed by atoms with Crippen LogP contribution in [0.15, 0.2) is 60.7 Å². The van der Waals surface area contributed by atoms with Crippen LogP contribution < -0.4 is 16.4 Å². The summed E-state index contributed by atoms with van der Waals surface area (Å²) < 4.78 is 0. The van der Waals surface area contributed by atoms with E-state index in [4.69, 9.17) is 5.73 Å². The molecule has 0 bridgehead atoms. The van der Waals surface area contributed by atoms with Crippen LogP contribution in [0.3, 0.4) is 0 Å². The lowest BCUT2D eigenvalue weighted by molar-refractivity contribution is -0.123. The van der Waals surface area contributed by atoms with Crippen molar-refractivity contribution in [3.05, 3.63) is 71.8 Å². The molecule has 4 N–H and O–H groups in total. The van der Waals surface area contributed by atoms with E-state index in [1.54, 1.807) is 0 Å². The average Bonchev–Trinajstić information content (AvgIpc) is 3.15. The number of hydrogen-bond acceptors (Lipinski definition) is 3. The monoisotopic (exact) mass is 309 g/mol. The van der Waals surface area contributed by atoms with Gasteiger partial charge in [0.05, 0.1) is 18.1 Å². The largest absolute Gasteiger partial charge is 0.346 e. The fraction of sp³-hybridized carbons (Fsp3) is 0.316. The van der Waals surface area contributed by atoms with Gasteiger partial charge < -0.3 is 16.4 Å². The molecule has 0 unspecified atom stereocenters. The Morgan fingerprint density at radius 3 is 2.22 bits per heavy atom. The first-order valence-electron chi connectivity index (χ1n) is 8.15. The van der Waals surface area contributed by atoms with Gasteiger partial charge in [0.25, 0.3) is 0 Å². The Morgan fingerprint density at radius 1 is 1.04 bits per heavy atom. The second-order valence-electron chi connectivity index (χ2n) is 5.98. The maximum absolute atomic E-state index is 12.5. The van der Waals surface area contributed by atoms with Gasteiger partial charge in [0, 0.05) is 0 Å². The minimum Gasteiger partial charge on any atom is -0.346 e. The molecule has 4 nitrogen and oxygen atoms in total. The van der Waals surface area contributed by atoms with Crippen molar-refractivity contribution >= 4 is 5.91 Å². The summed E-state index contributed by atoms with van der Waals surface area (Å²) in [5.74, 6) is 0.0303. The molecule has 1 amide bonds. The summed E-state index contributed by atoms with van der Waals surface area (Å²) in [6.07, 6.45) is 1.92. The van der Waals surface area contributed by atoms with Crippen molar-refractivity contribution in [1.82, 2.24) is 10.6 Å². The maximum atomic E-state index is 12.5. The summed E-state index contributed by atoms with van der Waals surface area (Å²) in [5.41, 5.74) is 8.52. The molecule has 1 aliphatic rings. The van der Waals surface area contributed by atoms with Crippen LogP contribution in [0.5, 0.6) is 0 Å². The normalized spacial score (nSPS) is 20.0. The Morgan fingerprint density at radius 2 is 1.65 bits per heavy atom. The maximum Gasteiger partial charge on any atom is 0.237 e. The zero-order valence-corrected chi connectivity index (χ0v) is 13.1. The van der Waals surface area contributed by atoms with Crippen LogP contribution in [0.1, 0.15) is 36.1 Å².